The van der Waals surface area contributed by atoms with Gasteiger partial charge in [0.05, 0.1) is 27.2 Å². The topological polar surface area (TPSA) is 15.3 Å². The summed E-state index contributed by atoms with van der Waals surface area (Å²) in [5.74, 6) is 0. The lowest BCUT2D eigenvalue weighted by Gasteiger charge is -2.34. The highest BCUT2D eigenvalue weighted by Gasteiger charge is 2.34. The Kier molecular flexibility index (Phi) is 1.99. The maximum atomic E-state index is 3.44. The van der Waals surface area contributed by atoms with Crippen LogP contribution in [0.15, 0.2) is 0 Å². The molecule has 0 bridgehead atoms. The fourth-order valence-corrected chi connectivity index (χ4v) is 1.66. The van der Waals surface area contributed by atoms with Gasteiger partial charge >= 0.3 is 0 Å². The molecule has 10 heavy (non-hydrogen) atoms. The molecule has 1 saturated heterocycles. The van der Waals surface area contributed by atoms with Crippen LogP contribution in [0.3, 0.4) is 0 Å². The summed E-state index contributed by atoms with van der Waals surface area (Å²) in [6.45, 7) is 2.36. The molecule has 1 atom stereocenters. The molecule has 0 spiro atoms. The lowest BCUT2D eigenvalue weighted by molar-refractivity contribution is -0.914. The predicted molar refractivity (Wildman–Crippen MR) is 42.5 cm³/mol. The first-order chi connectivity index (χ1) is 4.54. The first kappa shape index (κ1) is 7.98. The minimum absolute atomic E-state index is 0.500. The van der Waals surface area contributed by atoms with Gasteiger partial charge in [0.2, 0.25) is 6.29 Å². The number of quaternary nitrogens is 1. The van der Waals surface area contributed by atoms with E-state index < -0.39 is 0 Å². The van der Waals surface area contributed by atoms with Crippen molar-refractivity contribution in [3.05, 3.63) is 0 Å². The lowest BCUT2D eigenvalue weighted by Crippen LogP contribution is -2.55. The average molecular weight is 144 g/mol. The van der Waals surface area contributed by atoms with E-state index in [1.54, 1.807) is 0 Å². The van der Waals surface area contributed by atoms with Gasteiger partial charge in [0, 0.05) is 0 Å². The molecule has 0 saturated carbocycles. The molecule has 3 nitrogen and oxygen atoms in total. The third-order valence-corrected chi connectivity index (χ3v) is 2.17. The van der Waals surface area contributed by atoms with Crippen LogP contribution < -0.4 is 5.32 Å². The van der Waals surface area contributed by atoms with Crippen molar-refractivity contribution in [2.75, 3.05) is 41.3 Å². The van der Waals surface area contributed by atoms with E-state index in [-0.39, 0.29) is 0 Å². The molecule has 1 fully saturated rings. The molecule has 1 rings (SSSR count). The number of hydrogen-bond donors (Lipinski definition) is 1. The number of rotatable bonds is 1. The third-order valence-electron chi connectivity index (χ3n) is 2.17. The molecule has 1 heterocycles. The predicted octanol–water partition coefficient (Wildman–Crippen LogP) is -0.489. The first-order valence-corrected chi connectivity index (χ1v) is 3.76. The van der Waals surface area contributed by atoms with Crippen LogP contribution in [-0.4, -0.2) is 57.0 Å². The normalized spacial score (nSPS) is 31.5. The van der Waals surface area contributed by atoms with Crippen molar-refractivity contribution in [1.82, 2.24) is 10.2 Å². The molecule has 0 amide bonds. The second-order valence-corrected chi connectivity index (χ2v) is 3.79. The van der Waals surface area contributed by atoms with Crippen LogP contribution in [0.1, 0.15) is 0 Å². The van der Waals surface area contributed by atoms with E-state index in [4.69, 9.17) is 0 Å². The summed E-state index contributed by atoms with van der Waals surface area (Å²) in [6.07, 6.45) is 0.500. The molecule has 1 aliphatic heterocycles. The van der Waals surface area contributed by atoms with Gasteiger partial charge in [0.1, 0.15) is 0 Å². The lowest BCUT2D eigenvalue weighted by atomic mass is 10.5. The van der Waals surface area contributed by atoms with E-state index in [0.29, 0.717) is 6.29 Å². The second kappa shape index (κ2) is 2.49. The largest absolute Gasteiger partial charge is 0.299 e. The summed E-state index contributed by atoms with van der Waals surface area (Å²) in [6, 6.07) is 0. The number of likely N-dealkylation sites (N-methyl/N-ethyl adjacent to an activating group) is 1. The second-order valence-electron chi connectivity index (χ2n) is 3.79. The first-order valence-electron chi connectivity index (χ1n) is 3.76. The Labute approximate surface area is 63.2 Å². The molecule has 1 aliphatic rings. The molecule has 0 radical (unpaired) electrons. The average Bonchev–Trinajstić information content (AvgIpc) is 2.08. The van der Waals surface area contributed by atoms with Gasteiger partial charge in [-0.2, -0.15) is 0 Å². The molecular weight excluding hydrogens is 126 g/mol. The van der Waals surface area contributed by atoms with E-state index in [0.717, 1.165) is 11.0 Å². The van der Waals surface area contributed by atoms with Crippen molar-refractivity contribution in [1.29, 1.82) is 0 Å². The fourth-order valence-electron chi connectivity index (χ4n) is 1.66. The van der Waals surface area contributed by atoms with Crippen molar-refractivity contribution < 1.29 is 4.48 Å². The highest BCUT2D eigenvalue weighted by atomic mass is 15.6. The summed E-state index contributed by atoms with van der Waals surface area (Å²) < 4.78 is 1.06. The van der Waals surface area contributed by atoms with E-state index in [2.05, 4.69) is 38.4 Å². The molecule has 0 aromatic rings. The minimum atomic E-state index is 0.500. The molecular formula is C7H18N3+. The molecule has 0 aromatic carbocycles. The molecule has 60 valence electrons. The Hall–Kier alpha value is -0.120. The van der Waals surface area contributed by atoms with Crippen LogP contribution in [0.5, 0.6) is 0 Å². The van der Waals surface area contributed by atoms with Gasteiger partial charge in [-0.1, -0.05) is 0 Å². The van der Waals surface area contributed by atoms with Crippen LogP contribution in [0.2, 0.25) is 0 Å². The van der Waals surface area contributed by atoms with Gasteiger partial charge in [0.15, 0.2) is 0 Å². The minimum Gasteiger partial charge on any atom is -0.299 e. The van der Waals surface area contributed by atoms with Gasteiger partial charge in [-0.25, -0.2) is 10.2 Å². The molecule has 1 unspecified atom stereocenters. The van der Waals surface area contributed by atoms with Crippen molar-refractivity contribution in [2.24, 2.45) is 0 Å². The third kappa shape index (κ3) is 1.31. The molecule has 0 aliphatic carbocycles. The zero-order valence-electron chi connectivity index (χ0n) is 7.39. The maximum absolute atomic E-state index is 3.44. The van der Waals surface area contributed by atoms with Crippen LogP contribution in [0.4, 0.5) is 0 Å². The Morgan fingerprint density at radius 1 is 1.40 bits per heavy atom. The van der Waals surface area contributed by atoms with Crippen LogP contribution >= 0.6 is 0 Å². The van der Waals surface area contributed by atoms with Gasteiger partial charge in [0.25, 0.3) is 0 Å². The van der Waals surface area contributed by atoms with Crippen molar-refractivity contribution in [3.63, 3.8) is 0 Å². The molecule has 1 N–H and O–H groups in total. The van der Waals surface area contributed by atoms with Gasteiger partial charge in [-0.15, -0.1) is 0 Å². The quantitative estimate of drug-likeness (QED) is 0.500. The molecule has 3 heteroatoms. The zero-order chi connectivity index (χ0) is 7.78. The number of nitrogens with zero attached hydrogens (tertiary/aromatic N) is 2. The van der Waals surface area contributed by atoms with Gasteiger partial charge in [-0.05, 0) is 14.1 Å². The number of hydrogen-bond acceptors (Lipinski definition) is 2. The summed E-state index contributed by atoms with van der Waals surface area (Å²) in [7, 11) is 8.74. The smallest absolute Gasteiger partial charge is 0.201 e. The Morgan fingerprint density at radius 2 is 2.00 bits per heavy atom. The van der Waals surface area contributed by atoms with Crippen molar-refractivity contribution in [2.45, 2.75) is 6.29 Å². The van der Waals surface area contributed by atoms with Crippen LogP contribution in [0, 0.1) is 0 Å². The van der Waals surface area contributed by atoms with Gasteiger partial charge in [-0.3, -0.25) is 4.48 Å². The summed E-state index contributed by atoms with van der Waals surface area (Å²) >= 11 is 0. The van der Waals surface area contributed by atoms with E-state index in [1.807, 2.05) is 0 Å². The van der Waals surface area contributed by atoms with Crippen molar-refractivity contribution >= 4 is 0 Å². The van der Waals surface area contributed by atoms with E-state index >= 15 is 0 Å². The fraction of sp³-hybridized carbons (Fsp3) is 1.00. The van der Waals surface area contributed by atoms with Crippen molar-refractivity contribution in [3.8, 4) is 0 Å². The van der Waals surface area contributed by atoms with Crippen LogP contribution in [-0.2, 0) is 0 Å². The summed E-state index contributed by atoms with van der Waals surface area (Å²) in [4.78, 5) is 2.23. The Morgan fingerprint density at radius 3 is 2.20 bits per heavy atom. The van der Waals surface area contributed by atoms with Gasteiger partial charge < -0.3 is 0 Å². The highest BCUT2D eigenvalue weighted by molar-refractivity contribution is 4.60. The zero-order valence-corrected chi connectivity index (χ0v) is 7.39. The van der Waals surface area contributed by atoms with Crippen LogP contribution in [0.25, 0.3) is 0 Å². The number of nitrogens with one attached hydrogen (secondary N) is 1. The standard InChI is InChI=1S/C7H18N3/c1-9(2)7-8-5-6-10(7,3)4/h7-8H,5-6H2,1-4H3/q+1. The monoisotopic (exact) mass is 144 g/mol. The Balaban J connectivity index is 2.59. The van der Waals surface area contributed by atoms with E-state index in [9.17, 15) is 0 Å². The van der Waals surface area contributed by atoms with E-state index in [1.165, 1.54) is 6.54 Å². The SMILES string of the molecule is CN(C)C1NCC[N+]1(C)C. The Bertz CT molecular complexity index is 120. The summed E-state index contributed by atoms with van der Waals surface area (Å²) in [5, 5.41) is 3.44. The maximum Gasteiger partial charge on any atom is 0.201 e. The molecule has 0 aromatic heterocycles. The summed E-state index contributed by atoms with van der Waals surface area (Å²) in [5.41, 5.74) is 0. The highest BCUT2D eigenvalue weighted by Crippen LogP contribution is 2.10.